The van der Waals surface area contributed by atoms with E-state index in [4.69, 9.17) is 4.74 Å². The van der Waals surface area contributed by atoms with Gasteiger partial charge in [-0.05, 0) is 34.9 Å². The summed E-state index contributed by atoms with van der Waals surface area (Å²) >= 11 is 0. The van der Waals surface area contributed by atoms with Gasteiger partial charge in [0.05, 0.1) is 13.0 Å². The molecule has 4 rings (SSSR count). The maximum absolute atomic E-state index is 13.1. The summed E-state index contributed by atoms with van der Waals surface area (Å²) in [4.78, 5) is 26.9. The molecule has 2 aliphatic heterocycles. The third-order valence-corrected chi connectivity index (χ3v) is 4.75. The van der Waals surface area contributed by atoms with Crippen LogP contribution in [-0.4, -0.2) is 23.8 Å². The second kappa shape index (κ2) is 5.67. The Morgan fingerprint density at radius 2 is 1.88 bits per heavy atom. The van der Waals surface area contributed by atoms with Gasteiger partial charge in [0.1, 0.15) is 5.75 Å². The van der Waals surface area contributed by atoms with Gasteiger partial charge < -0.3 is 15.0 Å². The van der Waals surface area contributed by atoms with E-state index in [1.54, 1.807) is 19.2 Å². The first-order valence-electron chi connectivity index (χ1n) is 7.99. The van der Waals surface area contributed by atoms with E-state index < -0.39 is 5.92 Å². The first-order valence-corrected chi connectivity index (χ1v) is 7.99. The smallest absolute Gasteiger partial charge is 0.231 e. The Bertz CT molecular complexity index is 806. The highest BCUT2D eigenvalue weighted by Crippen LogP contribution is 2.37. The molecule has 0 unspecified atom stereocenters. The van der Waals surface area contributed by atoms with Crippen LogP contribution in [0.5, 0.6) is 5.75 Å². The summed E-state index contributed by atoms with van der Waals surface area (Å²) in [5.74, 6) is 0.101. The second-order valence-corrected chi connectivity index (χ2v) is 6.22. The topological polar surface area (TPSA) is 58.6 Å². The second-order valence-electron chi connectivity index (χ2n) is 6.22. The number of hydrogen-bond acceptors (Lipinski definition) is 3. The number of rotatable bonds is 2. The maximum Gasteiger partial charge on any atom is 0.231 e. The van der Waals surface area contributed by atoms with Crippen LogP contribution in [0.1, 0.15) is 29.0 Å². The molecule has 1 atom stereocenters. The lowest BCUT2D eigenvalue weighted by atomic mass is 9.89. The van der Waals surface area contributed by atoms with Crippen LogP contribution < -0.4 is 10.1 Å². The van der Waals surface area contributed by atoms with E-state index in [0.717, 1.165) is 5.56 Å². The van der Waals surface area contributed by atoms with Gasteiger partial charge in [-0.2, -0.15) is 0 Å². The summed E-state index contributed by atoms with van der Waals surface area (Å²) < 4.78 is 5.27. The van der Waals surface area contributed by atoms with Crippen LogP contribution in [-0.2, 0) is 22.7 Å². The Kier molecular flexibility index (Phi) is 3.49. The van der Waals surface area contributed by atoms with Gasteiger partial charge in [-0.1, -0.05) is 24.3 Å². The fourth-order valence-corrected chi connectivity index (χ4v) is 3.50. The Morgan fingerprint density at radius 1 is 1.17 bits per heavy atom. The van der Waals surface area contributed by atoms with Gasteiger partial charge in [-0.15, -0.1) is 0 Å². The molecule has 0 saturated carbocycles. The first kappa shape index (κ1) is 14.8. The van der Waals surface area contributed by atoms with E-state index in [0.29, 0.717) is 24.5 Å². The number of carbonyl (C=O) groups excluding carboxylic acids is 2. The number of ether oxygens (including phenoxy) is 1. The molecular weight excluding hydrogens is 304 g/mol. The molecule has 2 amide bonds. The fourth-order valence-electron chi connectivity index (χ4n) is 3.50. The average Bonchev–Trinajstić information content (AvgIpc) is 3.04. The van der Waals surface area contributed by atoms with Gasteiger partial charge in [-0.25, -0.2) is 0 Å². The fraction of sp³-hybridized carbons (Fsp3) is 0.263. The molecule has 0 fully saturated rings. The zero-order valence-electron chi connectivity index (χ0n) is 13.4. The van der Waals surface area contributed by atoms with Crippen LogP contribution in [0.25, 0.3) is 0 Å². The molecule has 0 aromatic heterocycles. The van der Waals surface area contributed by atoms with Crippen molar-refractivity contribution >= 4 is 17.5 Å². The summed E-state index contributed by atoms with van der Waals surface area (Å²) in [6.45, 7) is 1.21. The van der Waals surface area contributed by atoms with Crippen LogP contribution in [0, 0.1) is 0 Å². The Morgan fingerprint density at radius 3 is 2.54 bits per heavy atom. The predicted octanol–water partition coefficient (Wildman–Crippen LogP) is 2.66. The lowest BCUT2D eigenvalue weighted by Gasteiger charge is -2.28. The number of fused-ring (bicyclic) bond motifs is 2. The van der Waals surface area contributed by atoms with Crippen LogP contribution in [0.4, 0.5) is 5.69 Å². The van der Waals surface area contributed by atoms with Crippen molar-refractivity contribution < 1.29 is 14.3 Å². The number of amides is 2. The van der Waals surface area contributed by atoms with E-state index in [9.17, 15) is 9.59 Å². The normalized spacial score (nSPS) is 18.6. The Balaban J connectivity index is 1.65. The zero-order valence-corrected chi connectivity index (χ0v) is 13.4. The van der Waals surface area contributed by atoms with Crippen molar-refractivity contribution in [2.24, 2.45) is 0 Å². The summed E-state index contributed by atoms with van der Waals surface area (Å²) in [7, 11) is 1.59. The summed E-state index contributed by atoms with van der Waals surface area (Å²) in [6.07, 6.45) is 0.172. The third kappa shape index (κ3) is 2.42. The van der Waals surface area contributed by atoms with Crippen LogP contribution >= 0.6 is 0 Å². The van der Waals surface area contributed by atoms with Crippen LogP contribution in [0.3, 0.4) is 0 Å². The molecule has 122 valence electrons. The number of hydrogen-bond donors (Lipinski definition) is 1. The highest BCUT2D eigenvalue weighted by Gasteiger charge is 2.35. The van der Waals surface area contributed by atoms with Crippen molar-refractivity contribution in [1.29, 1.82) is 0 Å². The van der Waals surface area contributed by atoms with Crippen molar-refractivity contribution in [3.63, 3.8) is 0 Å². The number of anilines is 1. The molecule has 1 N–H and O–H groups in total. The summed E-state index contributed by atoms with van der Waals surface area (Å²) in [5, 5.41) is 2.84. The van der Waals surface area contributed by atoms with Crippen molar-refractivity contribution in [1.82, 2.24) is 4.90 Å². The van der Waals surface area contributed by atoms with Crippen molar-refractivity contribution in [3.8, 4) is 5.75 Å². The third-order valence-electron chi connectivity index (χ3n) is 4.75. The highest BCUT2D eigenvalue weighted by atomic mass is 16.5. The number of benzene rings is 2. The maximum atomic E-state index is 13.1. The molecule has 0 aliphatic carbocycles. The molecule has 0 saturated heterocycles. The van der Waals surface area contributed by atoms with Gasteiger partial charge in [0.2, 0.25) is 11.8 Å². The lowest BCUT2D eigenvalue weighted by molar-refractivity contribution is -0.135. The number of nitrogens with zero attached hydrogens (tertiary/aromatic N) is 1. The molecule has 24 heavy (non-hydrogen) atoms. The zero-order chi connectivity index (χ0) is 16.7. The van der Waals surface area contributed by atoms with E-state index in [1.165, 1.54) is 11.1 Å². The van der Waals surface area contributed by atoms with Gasteiger partial charge >= 0.3 is 0 Å². The minimum absolute atomic E-state index is 0.00412. The van der Waals surface area contributed by atoms with Gasteiger partial charge in [0.15, 0.2) is 0 Å². The van der Waals surface area contributed by atoms with Crippen molar-refractivity contribution in [3.05, 3.63) is 59.2 Å². The van der Waals surface area contributed by atoms with Crippen molar-refractivity contribution in [2.75, 3.05) is 12.4 Å². The highest BCUT2D eigenvalue weighted by molar-refractivity contribution is 6.01. The van der Waals surface area contributed by atoms with Crippen molar-refractivity contribution in [2.45, 2.75) is 25.4 Å². The summed E-state index contributed by atoms with van der Waals surface area (Å²) in [5.41, 5.74) is 3.88. The minimum Gasteiger partial charge on any atom is -0.497 e. The molecule has 2 aromatic rings. The minimum atomic E-state index is -0.460. The Hall–Kier alpha value is -2.82. The van der Waals surface area contributed by atoms with Gasteiger partial charge in [0, 0.05) is 25.2 Å². The molecule has 5 heteroatoms. The largest absolute Gasteiger partial charge is 0.497 e. The number of methoxy groups -OCH3 is 1. The monoisotopic (exact) mass is 322 g/mol. The van der Waals surface area contributed by atoms with Crippen LogP contribution in [0.2, 0.25) is 0 Å². The molecule has 5 nitrogen and oxygen atoms in total. The van der Waals surface area contributed by atoms with E-state index >= 15 is 0 Å². The van der Waals surface area contributed by atoms with Crippen LogP contribution in [0.15, 0.2) is 42.5 Å². The van der Waals surface area contributed by atoms with Gasteiger partial charge in [-0.3, -0.25) is 9.59 Å². The lowest BCUT2D eigenvalue weighted by Crippen LogP contribution is -2.35. The molecule has 2 heterocycles. The predicted molar refractivity (Wildman–Crippen MR) is 89.7 cm³/mol. The molecule has 0 spiro atoms. The molecule has 0 bridgehead atoms. The SMILES string of the molecule is COc1ccc2c(c1)[C@H](C(=O)N1Cc3ccccc3C1)CC(=O)N2. The molecule has 2 aliphatic rings. The first-order chi connectivity index (χ1) is 11.7. The molecular formula is C19H18N2O3. The number of nitrogens with one attached hydrogen (secondary N) is 1. The van der Waals surface area contributed by atoms with E-state index in [-0.39, 0.29) is 18.2 Å². The molecule has 2 aromatic carbocycles. The molecule has 0 radical (unpaired) electrons. The quantitative estimate of drug-likeness (QED) is 0.925. The number of carbonyl (C=O) groups is 2. The standard InChI is InChI=1S/C19H18N2O3/c1-24-14-6-7-17-15(8-14)16(9-18(22)20-17)19(23)21-10-12-4-2-3-5-13(12)11-21/h2-8,16H,9-11H2,1H3,(H,20,22)/t16-/m1/s1. The van der Waals surface area contributed by atoms with E-state index in [1.807, 2.05) is 35.2 Å². The van der Waals surface area contributed by atoms with E-state index in [2.05, 4.69) is 5.32 Å². The summed E-state index contributed by atoms with van der Waals surface area (Å²) in [6, 6.07) is 13.5. The van der Waals surface area contributed by atoms with Gasteiger partial charge in [0.25, 0.3) is 0 Å². The Labute approximate surface area is 140 Å². The average molecular weight is 322 g/mol.